The lowest BCUT2D eigenvalue weighted by molar-refractivity contribution is -0.136. The minimum atomic E-state index is -0.0416. The summed E-state index contributed by atoms with van der Waals surface area (Å²) in [4.78, 5) is 30.6. The number of ether oxygens (including phenoxy) is 1. The number of benzene rings is 1. The maximum absolute atomic E-state index is 12.4. The molecule has 0 unspecified atom stereocenters. The highest BCUT2D eigenvalue weighted by Gasteiger charge is 2.25. The molecule has 10 nitrogen and oxygen atoms in total. The largest absolute Gasteiger partial charge is 0.484 e. The SMILES string of the molecule is O=C(COc1ccc(-n2cnnn2)cc1)N1CCN(CC(=O)N2CCCC2)CC1. The summed E-state index contributed by atoms with van der Waals surface area (Å²) in [7, 11) is 0. The van der Waals surface area contributed by atoms with E-state index in [1.807, 2.05) is 17.0 Å². The normalized spacial score (nSPS) is 17.5. The van der Waals surface area contributed by atoms with E-state index >= 15 is 0 Å². The number of nitrogens with zero attached hydrogens (tertiary/aromatic N) is 7. The highest BCUT2D eigenvalue weighted by molar-refractivity contribution is 5.79. The molecular weight excluding hydrogens is 374 g/mol. The van der Waals surface area contributed by atoms with E-state index in [1.54, 1.807) is 21.7 Å². The van der Waals surface area contributed by atoms with Gasteiger partial charge in [0.25, 0.3) is 5.91 Å². The highest BCUT2D eigenvalue weighted by Crippen LogP contribution is 2.15. The zero-order valence-electron chi connectivity index (χ0n) is 16.3. The average Bonchev–Trinajstić information content (AvgIpc) is 3.47. The number of hydrogen-bond donors (Lipinski definition) is 0. The fourth-order valence-electron chi connectivity index (χ4n) is 3.62. The fraction of sp³-hybridized carbons (Fsp3) is 0.526. The molecule has 3 heterocycles. The molecular formula is C19H25N7O3. The Bertz CT molecular complexity index is 811. The fourth-order valence-corrected chi connectivity index (χ4v) is 3.62. The standard InChI is InChI=1S/C19H25N7O3/c27-18(24-7-1-2-8-24)13-23-9-11-25(12-10-23)19(28)14-29-17-5-3-16(4-6-17)26-15-20-21-22-26/h3-6,15H,1-2,7-14H2. The average molecular weight is 399 g/mol. The molecule has 0 spiro atoms. The van der Waals surface area contributed by atoms with Crippen molar-refractivity contribution in [1.29, 1.82) is 0 Å². The van der Waals surface area contributed by atoms with E-state index in [0.717, 1.165) is 31.6 Å². The van der Waals surface area contributed by atoms with Crippen molar-refractivity contribution in [2.45, 2.75) is 12.8 Å². The van der Waals surface area contributed by atoms with Crippen LogP contribution in [-0.2, 0) is 9.59 Å². The molecule has 0 N–H and O–H groups in total. The monoisotopic (exact) mass is 399 g/mol. The smallest absolute Gasteiger partial charge is 0.260 e. The molecule has 0 bridgehead atoms. The molecule has 154 valence electrons. The Balaban J connectivity index is 1.19. The van der Waals surface area contributed by atoms with Gasteiger partial charge >= 0.3 is 0 Å². The van der Waals surface area contributed by atoms with Gasteiger partial charge in [-0.25, -0.2) is 4.68 Å². The van der Waals surface area contributed by atoms with Crippen LogP contribution >= 0.6 is 0 Å². The molecule has 10 heteroatoms. The molecule has 29 heavy (non-hydrogen) atoms. The molecule has 2 fully saturated rings. The van der Waals surface area contributed by atoms with Gasteiger partial charge in [0.15, 0.2) is 6.61 Å². The second-order valence-electron chi connectivity index (χ2n) is 7.28. The summed E-state index contributed by atoms with van der Waals surface area (Å²) in [5.74, 6) is 0.779. The lowest BCUT2D eigenvalue weighted by atomic mass is 10.3. The molecule has 1 aromatic carbocycles. The minimum Gasteiger partial charge on any atom is -0.484 e. The second-order valence-corrected chi connectivity index (χ2v) is 7.28. The van der Waals surface area contributed by atoms with Gasteiger partial charge in [-0.3, -0.25) is 14.5 Å². The zero-order valence-corrected chi connectivity index (χ0v) is 16.3. The third-order valence-corrected chi connectivity index (χ3v) is 5.36. The maximum atomic E-state index is 12.4. The van der Waals surface area contributed by atoms with Crippen molar-refractivity contribution < 1.29 is 14.3 Å². The first kappa shape index (κ1) is 19.3. The van der Waals surface area contributed by atoms with Crippen LogP contribution in [0.4, 0.5) is 0 Å². The van der Waals surface area contributed by atoms with Crippen molar-refractivity contribution in [3.63, 3.8) is 0 Å². The molecule has 0 saturated carbocycles. The van der Waals surface area contributed by atoms with Crippen LogP contribution in [0.2, 0.25) is 0 Å². The van der Waals surface area contributed by atoms with Crippen LogP contribution in [-0.4, -0.2) is 99.1 Å². The Morgan fingerprint density at radius 2 is 1.59 bits per heavy atom. The number of rotatable bonds is 6. The van der Waals surface area contributed by atoms with E-state index in [4.69, 9.17) is 4.74 Å². The van der Waals surface area contributed by atoms with Gasteiger partial charge in [-0.15, -0.1) is 5.10 Å². The van der Waals surface area contributed by atoms with Crippen molar-refractivity contribution in [3.05, 3.63) is 30.6 Å². The van der Waals surface area contributed by atoms with Gasteiger partial charge < -0.3 is 14.5 Å². The van der Waals surface area contributed by atoms with Crippen LogP contribution in [0.3, 0.4) is 0 Å². The lowest BCUT2D eigenvalue weighted by Gasteiger charge is -2.35. The van der Waals surface area contributed by atoms with Gasteiger partial charge in [-0.05, 0) is 47.5 Å². The van der Waals surface area contributed by atoms with Crippen LogP contribution in [0.5, 0.6) is 5.75 Å². The van der Waals surface area contributed by atoms with Gasteiger partial charge in [0.1, 0.15) is 12.1 Å². The minimum absolute atomic E-state index is 0.00304. The van der Waals surface area contributed by atoms with Crippen LogP contribution in [0.15, 0.2) is 30.6 Å². The molecule has 2 aliphatic heterocycles. The summed E-state index contributed by atoms with van der Waals surface area (Å²) >= 11 is 0. The Kier molecular flexibility index (Phi) is 5.99. The van der Waals surface area contributed by atoms with Crippen molar-refractivity contribution in [1.82, 2.24) is 34.9 Å². The number of likely N-dealkylation sites (tertiary alicyclic amines) is 1. The molecule has 0 atom stereocenters. The van der Waals surface area contributed by atoms with Crippen LogP contribution in [0, 0.1) is 0 Å². The Morgan fingerprint density at radius 3 is 2.24 bits per heavy atom. The zero-order chi connectivity index (χ0) is 20.1. The molecule has 2 saturated heterocycles. The molecule has 2 amide bonds. The topological polar surface area (TPSA) is 96.7 Å². The predicted molar refractivity (Wildman–Crippen MR) is 103 cm³/mol. The number of aromatic nitrogens is 4. The van der Waals surface area contributed by atoms with Crippen LogP contribution in [0.25, 0.3) is 5.69 Å². The quantitative estimate of drug-likeness (QED) is 0.664. The van der Waals surface area contributed by atoms with Crippen LogP contribution in [0.1, 0.15) is 12.8 Å². The van der Waals surface area contributed by atoms with Crippen molar-refractivity contribution in [3.8, 4) is 11.4 Å². The number of amides is 2. The van der Waals surface area contributed by atoms with Gasteiger partial charge in [0.05, 0.1) is 12.2 Å². The molecule has 2 aliphatic rings. The third-order valence-electron chi connectivity index (χ3n) is 5.36. The maximum Gasteiger partial charge on any atom is 0.260 e. The van der Waals surface area contributed by atoms with E-state index in [2.05, 4.69) is 20.4 Å². The van der Waals surface area contributed by atoms with E-state index in [1.165, 1.54) is 6.33 Å². The summed E-state index contributed by atoms with van der Waals surface area (Å²) in [6.07, 6.45) is 3.72. The van der Waals surface area contributed by atoms with E-state index < -0.39 is 0 Å². The predicted octanol–water partition coefficient (Wildman–Crippen LogP) is -0.192. The second kappa shape index (κ2) is 8.99. The number of hydrogen-bond acceptors (Lipinski definition) is 7. The van der Waals surface area contributed by atoms with Crippen LogP contribution < -0.4 is 4.74 Å². The first-order chi connectivity index (χ1) is 14.2. The van der Waals surface area contributed by atoms with Crippen molar-refractivity contribution in [2.75, 3.05) is 52.4 Å². The summed E-state index contributed by atoms with van der Waals surface area (Å²) in [6.45, 7) is 4.87. The molecule has 1 aromatic heterocycles. The van der Waals surface area contributed by atoms with E-state index in [-0.39, 0.29) is 18.4 Å². The molecule has 4 rings (SSSR count). The summed E-state index contributed by atoms with van der Waals surface area (Å²) in [5, 5.41) is 11.0. The van der Waals surface area contributed by atoms with Gasteiger partial charge in [-0.2, -0.15) is 0 Å². The molecule has 0 radical (unpaired) electrons. The highest BCUT2D eigenvalue weighted by atomic mass is 16.5. The van der Waals surface area contributed by atoms with E-state index in [0.29, 0.717) is 38.5 Å². The number of carbonyl (C=O) groups excluding carboxylic acids is 2. The van der Waals surface area contributed by atoms with E-state index in [9.17, 15) is 9.59 Å². The molecule has 2 aromatic rings. The number of carbonyl (C=O) groups is 2. The summed E-state index contributed by atoms with van der Waals surface area (Å²) in [6, 6.07) is 7.22. The van der Waals surface area contributed by atoms with Crippen molar-refractivity contribution >= 4 is 11.8 Å². The first-order valence-electron chi connectivity index (χ1n) is 9.93. The number of piperazine rings is 1. The Labute approximate surface area is 169 Å². The summed E-state index contributed by atoms with van der Waals surface area (Å²) < 4.78 is 7.17. The Hall–Kier alpha value is -3.01. The van der Waals surface area contributed by atoms with Gasteiger partial charge in [0.2, 0.25) is 5.91 Å². The van der Waals surface area contributed by atoms with Gasteiger partial charge in [-0.1, -0.05) is 0 Å². The van der Waals surface area contributed by atoms with Gasteiger partial charge in [0, 0.05) is 39.3 Å². The first-order valence-corrected chi connectivity index (χ1v) is 9.93. The third kappa shape index (κ3) is 4.89. The molecule has 0 aliphatic carbocycles. The number of tetrazole rings is 1. The lowest BCUT2D eigenvalue weighted by Crippen LogP contribution is -2.52. The Morgan fingerprint density at radius 1 is 0.897 bits per heavy atom. The van der Waals surface area contributed by atoms with Crippen molar-refractivity contribution in [2.24, 2.45) is 0 Å². The summed E-state index contributed by atoms with van der Waals surface area (Å²) in [5.41, 5.74) is 0.813.